The fourth-order valence-electron chi connectivity index (χ4n) is 3.12. The number of nitrogens with one attached hydrogen (secondary N) is 2. The Hall–Kier alpha value is -2.62. The van der Waals surface area contributed by atoms with Crippen molar-refractivity contribution in [2.24, 2.45) is 0 Å². The Labute approximate surface area is 141 Å². The Balaban J connectivity index is 1.58. The lowest BCUT2D eigenvalue weighted by Gasteiger charge is -1.97. The highest BCUT2D eigenvalue weighted by Crippen LogP contribution is 2.20. The first kappa shape index (κ1) is 14.9. The van der Waals surface area contributed by atoms with Gasteiger partial charge in [0.05, 0.1) is 22.1 Å². The van der Waals surface area contributed by atoms with Gasteiger partial charge in [-0.25, -0.2) is 9.97 Å². The number of benzene rings is 2. The maximum atomic E-state index is 4.71. The van der Waals surface area contributed by atoms with Gasteiger partial charge in [0.1, 0.15) is 11.6 Å². The zero-order chi connectivity index (χ0) is 16.8. The van der Waals surface area contributed by atoms with Crippen LogP contribution in [0.4, 0.5) is 0 Å². The minimum absolute atomic E-state index is 0.852. The van der Waals surface area contributed by atoms with E-state index in [0.29, 0.717) is 0 Å². The molecule has 0 spiro atoms. The number of aryl methyl sites for hydroxylation is 6. The third-order valence-electron chi connectivity index (χ3n) is 4.89. The van der Waals surface area contributed by atoms with Crippen molar-refractivity contribution in [1.82, 2.24) is 19.9 Å². The van der Waals surface area contributed by atoms with E-state index in [9.17, 15) is 0 Å². The molecular formula is C20H22N4. The van der Waals surface area contributed by atoms with E-state index in [1.54, 1.807) is 0 Å². The molecule has 4 nitrogen and oxygen atoms in total. The molecule has 0 aliphatic carbocycles. The Morgan fingerprint density at radius 1 is 0.625 bits per heavy atom. The Kier molecular flexibility index (Phi) is 3.41. The Bertz CT molecular complexity index is 889. The number of nitrogens with zero attached hydrogens (tertiary/aromatic N) is 2. The van der Waals surface area contributed by atoms with Crippen LogP contribution in [0.15, 0.2) is 24.3 Å². The van der Waals surface area contributed by atoms with Gasteiger partial charge in [-0.1, -0.05) is 0 Å². The molecule has 2 aromatic carbocycles. The highest BCUT2D eigenvalue weighted by atomic mass is 14.9. The van der Waals surface area contributed by atoms with E-state index in [2.05, 4.69) is 61.9 Å². The molecule has 0 aliphatic heterocycles. The summed E-state index contributed by atoms with van der Waals surface area (Å²) in [6.45, 7) is 8.52. The first-order chi connectivity index (χ1) is 11.5. The molecule has 0 unspecified atom stereocenters. The second-order valence-electron chi connectivity index (χ2n) is 6.77. The topological polar surface area (TPSA) is 57.4 Å². The first-order valence-corrected chi connectivity index (χ1v) is 8.41. The van der Waals surface area contributed by atoms with Crippen LogP contribution in [0.2, 0.25) is 0 Å². The van der Waals surface area contributed by atoms with E-state index < -0.39 is 0 Å². The molecule has 4 heteroatoms. The smallest absolute Gasteiger partial charge is 0.107 e. The zero-order valence-corrected chi connectivity index (χ0v) is 14.6. The van der Waals surface area contributed by atoms with Crippen molar-refractivity contribution in [3.8, 4) is 0 Å². The highest BCUT2D eigenvalue weighted by molar-refractivity contribution is 5.78. The number of hydrogen-bond donors (Lipinski definition) is 2. The quantitative estimate of drug-likeness (QED) is 0.586. The second kappa shape index (κ2) is 5.48. The molecule has 0 fully saturated rings. The SMILES string of the molecule is Cc1cc2nc(CCc3nc4cc(C)c(C)cc4[nH]3)[nH]c2cc1C. The van der Waals surface area contributed by atoms with Gasteiger partial charge < -0.3 is 9.97 Å². The molecule has 0 radical (unpaired) electrons. The van der Waals surface area contributed by atoms with Gasteiger partial charge in [0, 0.05) is 12.8 Å². The zero-order valence-electron chi connectivity index (χ0n) is 14.6. The van der Waals surface area contributed by atoms with Gasteiger partial charge in [-0.05, 0) is 74.2 Å². The number of aromatic nitrogens is 4. The lowest BCUT2D eigenvalue weighted by molar-refractivity contribution is 0.844. The molecule has 2 aromatic heterocycles. The van der Waals surface area contributed by atoms with Crippen LogP contribution in [0.25, 0.3) is 22.1 Å². The van der Waals surface area contributed by atoms with Gasteiger partial charge in [-0.15, -0.1) is 0 Å². The fourth-order valence-corrected chi connectivity index (χ4v) is 3.12. The van der Waals surface area contributed by atoms with E-state index in [1.807, 2.05) is 0 Å². The summed E-state index contributed by atoms with van der Waals surface area (Å²) in [6.07, 6.45) is 1.70. The van der Waals surface area contributed by atoms with E-state index in [-0.39, 0.29) is 0 Å². The molecule has 0 aliphatic rings. The summed E-state index contributed by atoms with van der Waals surface area (Å²) < 4.78 is 0. The summed E-state index contributed by atoms with van der Waals surface area (Å²) >= 11 is 0. The third kappa shape index (κ3) is 2.58. The summed E-state index contributed by atoms with van der Waals surface area (Å²) in [7, 11) is 0. The maximum Gasteiger partial charge on any atom is 0.107 e. The van der Waals surface area contributed by atoms with Crippen LogP contribution in [0.5, 0.6) is 0 Å². The molecule has 0 saturated carbocycles. The molecule has 24 heavy (non-hydrogen) atoms. The minimum atomic E-state index is 0.852. The number of fused-ring (bicyclic) bond motifs is 2. The molecule has 0 amide bonds. The maximum absolute atomic E-state index is 4.71. The van der Waals surface area contributed by atoms with Crippen LogP contribution in [0.3, 0.4) is 0 Å². The predicted octanol–water partition coefficient (Wildman–Crippen LogP) is 4.46. The van der Waals surface area contributed by atoms with Crippen LogP contribution >= 0.6 is 0 Å². The number of rotatable bonds is 3. The van der Waals surface area contributed by atoms with Crippen LogP contribution in [0.1, 0.15) is 33.9 Å². The van der Waals surface area contributed by atoms with Gasteiger partial charge in [0.15, 0.2) is 0 Å². The lowest BCUT2D eigenvalue weighted by Crippen LogP contribution is -1.95. The van der Waals surface area contributed by atoms with Crippen molar-refractivity contribution in [3.05, 3.63) is 58.2 Å². The largest absolute Gasteiger partial charge is 0.342 e. The predicted molar refractivity (Wildman–Crippen MR) is 98.5 cm³/mol. The number of aromatic amines is 2. The van der Waals surface area contributed by atoms with E-state index in [1.165, 1.54) is 22.3 Å². The normalized spacial score (nSPS) is 11.7. The van der Waals surface area contributed by atoms with Gasteiger partial charge in [0.2, 0.25) is 0 Å². The van der Waals surface area contributed by atoms with Crippen molar-refractivity contribution in [2.75, 3.05) is 0 Å². The van der Waals surface area contributed by atoms with Crippen molar-refractivity contribution >= 4 is 22.1 Å². The van der Waals surface area contributed by atoms with Crippen LogP contribution in [0, 0.1) is 27.7 Å². The molecule has 4 aromatic rings. The van der Waals surface area contributed by atoms with E-state index >= 15 is 0 Å². The van der Waals surface area contributed by atoms with Crippen LogP contribution in [-0.4, -0.2) is 19.9 Å². The molecule has 122 valence electrons. The summed E-state index contributed by atoms with van der Waals surface area (Å²) in [5.74, 6) is 2.03. The fraction of sp³-hybridized carbons (Fsp3) is 0.300. The Morgan fingerprint density at radius 3 is 1.42 bits per heavy atom. The average molecular weight is 318 g/mol. The second-order valence-corrected chi connectivity index (χ2v) is 6.77. The van der Waals surface area contributed by atoms with Crippen molar-refractivity contribution in [1.29, 1.82) is 0 Å². The lowest BCUT2D eigenvalue weighted by atomic mass is 10.1. The van der Waals surface area contributed by atoms with Crippen molar-refractivity contribution in [2.45, 2.75) is 40.5 Å². The van der Waals surface area contributed by atoms with Crippen molar-refractivity contribution < 1.29 is 0 Å². The van der Waals surface area contributed by atoms with Crippen molar-refractivity contribution in [3.63, 3.8) is 0 Å². The van der Waals surface area contributed by atoms with E-state index in [4.69, 9.17) is 9.97 Å². The summed E-state index contributed by atoms with van der Waals surface area (Å²) in [4.78, 5) is 16.3. The number of imidazole rings is 2. The molecule has 2 heterocycles. The van der Waals surface area contributed by atoms with Gasteiger partial charge >= 0.3 is 0 Å². The standard InChI is InChI=1S/C20H22N4/c1-11-7-15-16(8-12(11)2)22-19(21-15)5-6-20-23-17-9-13(3)14(4)10-18(17)24-20/h7-10H,5-6H2,1-4H3,(H,21,22)(H,23,24). The molecule has 2 N–H and O–H groups in total. The molecule has 4 rings (SSSR count). The van der Waals surface area contributed by atoms with Crippen LogP contribution in [-0.2, 0) is 12.8 Å². The summed E-state index contributed by atoms with van der Waals surface area (Å²) in [5, 5.41) is 0. The number of hydrogen-bond acceptors (Lipinski definition) is 2. The first-order valence-electron chi connectivity index (χ1n) is 8.41. The van der Waals surface area contributed by atoms with Gasteiger partial charge in [0.25, 0.3) is 0 Å². The molecule has 0 bridgehead atoms. The highest BCUT2D eigenvalue weighted by Gasteiger charge is 2.08. The minimum Gasteiger partial charge on any atom is -0.342 e. The molecule has 0 saturated heterocycles. The monoisotopic (exact) mass is 318 g/mol. The molecular weight excluding hydrogens is 296 g/mol. The van der Waals surface area contributed by atoms with Gasteiger partial charge in [-0.3, -0.25) is 0 Å². The van der Waals surface area contributed by atoms with E-state index in [0.717, 1.165) is 46.6 Å². The Morgan fingerprint density at radius 2 is 1.00 bits per heavy atom. The summed E-state index contributed by atoms with van der Waals surface area (Å²) in [6, 6.07) is 8.65. The molecule has 0 atom stereocenters. The van der Waals surface area contributed by atoms with Gasteiger partial charge in [-0.2, -0.15) is 0 Å². The number of H-pyrrole nitrogens is 2. The third-order valence-corrected chi connectivity index (χ3v) is 4.89. The average Bonchev–Trinajstić information content (AvgIpc) is 3.09. The summed E-state index contributed by atoms with van der Waals surface area (Å²) in [5.41, 5.74) is 9.47. The van der Waals surface area contributed by atoms with Crippen LogP contribution < -0.4 is 0 Å².